The maximum Gasteiger partial charge on any atom is 0.227 e. The van der Waals surface area contributed by atoms with Crippen LogP contribution in [0.15, 0.2) is 48.5 Å². The Morgan fingerprint density at radius 2 is 1.88 bits per heavy atom. The predicted octanol–water partition coefficient (Wildman–Crippen LogP) is 2.60. The zero-order valence-electron chi connectivity index (χ0n) is 13.5. The predicted molar refractivity (Wildman–Crippen MR) is 88.6 cm³/mol. The third-order valence-electron chi connectivity index (χ3n) is 4.27. The van der Waals surface area contributed by atoms with Gasteiger partial charge in [0, 0.05) is 13.1 Å². The molecule has 3 rings (SSSR count). The van der Waals surface area contributed by atoms with Crippen LogP contribution >= 0.6 is 0 Å². The lowest BCUT2D eigenvalue weighted by atomic mass is 10.0. The Kier molecular flexibility index (Phi) is 5.07. The number of halogens is 2. The number of carbonyl (C=O) groups excluding carboxylic acids is 2. The summed E-state index contributed by atoms with van der Waals surface area (Å²) in [4.78, 5) is 26.3. The molecule has 0 radical (unpaired) electrons. The van der Waals surface area contributed by atoms with Gasteiger partial charge in [-0.1, -0.05) is 36.4 Å². The molecule has 0 unspecified atom stereocenters. The van der Waals surface area contributed by atoms with E-state index in [1.54, 1.807) is 4.90 Å². The number of nitrogens with zero attached hydrogens (tertiary/aromatic N) is 1. The van der Waals surface area contributed by atoms with Gasteiger partial charge in [0.2, 0.25) is 11.8 Å². The average Bonchev–Trinajstić information content (AvgIpc) is 2.80. The van der Waals surface area contributed by atoms with Crippen LogP contribution in [0.1, 0.15) is 23.6 Å². The van der Waals surface area contributed by atoms with Crippen LogP contribution in [0.3, 0.4) is 0 Å². The van der Waals surface area contributed by atoms with Crippen molar-refractivity contribution >= 4 is 11.8 Å². The second kappa shape index (κ2) is 7.42. The molecule has 0 aliphatic carbocycles. The fourth-order valence-corrected chi connectivity index (χ4v) is 3.03. The van der Waals surface area contributed by atoms with Gasteiger partial charge in [-0.15, -0.1) is 0 Å². The number of rotatable bonds is 3. The molecule has 6 heteroatoms. The fraction of sp³-hybridized carbons (Fsp3) is 0.263. The Balaban J connectivity index is 1.84. The van der Waals surface area contributed by atoms with Gasteiger partial charge in [-0.3, -0.25) is 9.59 Å². The minimum Gasteiger partial charge on any atom is -0.354 e. The van der Waals surface area contributed by atoms with Crippen LogP contribution < -0.4 is 5.32 Å². The second-order valence-electron chi connectivity index (χ2n) is 5.99. The summed E-state index contributed by atoms with van der Waals surface area (Å²) in [7, 11) is 0. The van der Waals surface area contributed by atoms with E-state index in [-0.39, 0.29) is 30.7 Å². The van der Waals surface area contributed by atoms with Crippen LogP contribution in [0, 0.1) is 11.6 Å². The molecule has 2 aromatic carbocycles. The first-order chi connectivity index (χ1) is 12.0. The second-order valence-corrected chi connectivity index (χ2v) is 5.99. The molecule has 4 nitrogen and oxygen atoms in total. The van der Waals surface area contributed by atoms with E-state index in [2.05, 4.69) is 5.32 Å². The Bertz CT molecular complexity index is 780. The lowest BCUT2D eigenvalue weighted by molar-refractivity contribution is -0.133. The minimum atomic E-state index is -0.974. The van der Waals surface area contributed by atoms with Crippen LogP contribution in [0.5, 0.6) is 0 Å². The maximum atomic E-state index is 13.4. The Hall–Kier alpha value is -2.76. The molecule has 0 aromatic heterocycles. The maximum absolute atomic E-state index is 13.4. The lowest BCUT2D eigenvalue weighted by Gasteiger charge is -2.29. The highest BCUT2D eigenvalue weighted by Gasteiger charge is 2.29. The molecule has 2 amide bonds. The molecule has 1 aliphatic heterocycles. The molecule has 1 heterocycles. The quantitative estimate of drug-likeness (QED) is 0.930. The number of amides is 2. The van der Waals surface area contributed by atoms with Gasteiger partial charge in [0.15, 0.2) is 11.6 Å². The number of benzene rings is 2. The van der Waals surface area contributed by atoms with Crippen molar-refractivity contribution in [2.75, 3.05) is 13.1 Å². The summed E-state index contributed by atoms with van der Waals surface area (Å²) in [6, 6.07) is 12.4. The Labute approximate surface area is 144 Å². The van der Waals surface area contributed by atoms with Gasteiger partial charge < -0.3 is 10.2 Å². The van der Waals surface area contributed by atoms with Crippen LogP contribution in [0.4, 0.5) is 8.78 Å². The smallest absolute Gasteiger partial charge is 0.227 e. The molecular weight excluding hydrogens is 326 g/mol. The molecule has 1 aliphatic rings. The third kappa shape index (κ3) is 4.02. The standard InChI is InChI=1S/C19H18F2N2O2/c20-15-7-6-13(10-16(15)21)11-19(25)23-9-8-22-18(24)12-17(23)14-4-2-1-3-5-14/h1-7,10,17H,8-9,11-12H2,(H,22,24)/t17-/m1/s1. The van der Waals surface area contributed by atoms with Gasteiger partial charge in [0.25, 0.3) is 0 Å². The van der Waals surface area contributed by atoms with Gasteiger partial charge >= 0.3 is 0 Å². The van der Waals surface area contributed by atoms with Gasteiger partial charge in [0.1, 0.15) is 0 Å². The van der Waals surface area contributed by atoms with Crippen LogP contribution in [0.2, 0.25) is 0 Å². The Morgan fingerprint density at radius 3 is 2.60 bits per heavy atom. The molecule has 25 heavy (non-hydrogen) atoms. The van der Waals surface area contributed by atoms with Gasteiger partial charge in [-0.25, -0.2) is 8.78 Å². The van der Waals surface area contributed by atoms with E-state index < -0.39 is 11.6 Å². The highest BCUT2D eigenvalue weighted by atomic mass is 19.2. The summed E-state index contributed by atoms with van der Waals surface area (Å²) < 4.78 is 26.4. The number of nitrogens with one attached hydrogen (secondary N) is 1. The van der Waals surface area contributed by atoms with E-state index in [0.717, 1.165) is 17.7 Å². The molecule has 1 fully saturated rings. The van der Waals surface area contributed by atoms with Crippen molar-refractivity contribution in [3.05, 3.63) is 71.3 Å². The van der Waals surface area contributed by atoms with Gasteiger partial charge in [0.05, 0.1) is 18.9 Å². The molecule has 2 aromatic rings. The zero-order chi connectivity index (χ0) is 17.8. The van der Waals surface area contributed by atoms with Crippen molar-refractivity contribution in [1.29, 1.82) is 0 Å². The zero-order valence-corrected chi connectivity index (χ0v) is 13.5. The van der Waals surface area contributed by atoms with Crippen molar-refractivity contribution in [3.8, 4) is 0 Å². The van der Waals surface area contributed by atoms with Crippen molar-refractivity contribution in [2.24, 2.45) is 0 Å². The van der Waals surface area contributed by atoms with Crippen LogP contribution in [-0.4, -0.2) is 29.8 Å². The number of carbonyl (C=O) groups is 2. The van der Waals surface area contributed by atoms with Gasteiger partial charge in [-0.05, 0) is 23.3 Å². The Morgan fingerprint density at radius 1 is 1.12 bits per heavy atom. The van der Waals surface area contributed by atoms with E-state index in [9.17, 15) is 18.4 Å². The van der Waals surface area contributed by atoms with Crippen LogP contribution in [0.25, 0.3) is 0 Å². The molecule has 1 N–H and O–H groups in total. The minimum absolute atomic E-state index is 0.0469. The van der Waals surface area contributed by atoms with Crippen molar-refractivity contribution in [2.45, 2.75) is 18.9 Å². The normalized spacial score (nSPS) is 17.8. The summed E-state index contributed by atoms with van der Waals surface area (Å²) in [6.45, 7) is 0.736. The first kappa shape index (κ1) is 17.1. The fourth-order valence-electron chi connectivity index (χ4n) is 3.03. The number of hydrogen-bond acceptors (Lipinski definition) is 2. The van der Waals surface area contributed by atoms with Crippen molar-refractivity contribution in [1.82, 2.24) is 10.2 Å². The van der Waals surface area contributed by atoms with E-state index in [0.29, 0.717) is 18.7 Å². The molecule has 0 bridgehead atoms. The van der Waals surface area contributed by atoms with E-state index in [1.807, 2.05) is 30.3 Å². The first-order valence-electron chi connectivity index (χ1n) is 8.09. The van der Waals surface area contributed by atoms with Crippen molar-refractivity contribution in [3.63, 3.8) is 0 Å². The molecular formula is C19H18F2N2O2. The third-order valence-corrected chi connectivity index (χ3v) is 4.27. The monoisotopic (exact) mass is 344 g/mol. The summed E-state index contributed by atoms with van der Waals surface area (Å²) in [5.41, 5.74) is 1.28. The van der Waals surface area contributed by atoms with Gasteiger partial charge in [-0.2, -0.15) is 0 Å². The van der Waals surface area contributed by atoms with E-state index >= 15 is 0 Å². The SMILES string of the molecule is O=C1C[C@H](c2ccccc2)N(C(=O)Cc2ccc(F)c(F)c2)CCN1. The average molecular weight is 344 g/mol. The summed E-state index contributed by atoms with van der Waals surface area (Å²) in [6.07, 6.45) is 0.127. The molecule has 0 spiro atoms. The largest absolute Gasteiger partial charge is 0.354 e. The molecule has 1 atom stereocenters. The lowest BCUT2D eigenvalue weighted by Crippen LogP contribution is -2.37. The summed E-state index contributed by atoms with van der Waals surface area (Å²) in [5.74, 6) is -2.26. The van der Waals surface area contributed by atoms with E-state index in [1.165, 1.54) is 6.07 Å². The molecule has 0 saturated carbocycles. The van der Waals surface area contributed by atoms with Crippen molar-refractivity contribution < 1.29 is 18.4 Å². The summed E-state index contributed by atoms with van der Waals surface area (Å²) >= 11 is 0. The first-order valence-corrected chi connectivity index (χ1v) is 8.09. The summed E-state index contributed by atoms with van der Waals surface area (Å²) in [5, 5.41) is 2.77. The topological polar surface area (TPSA) is 49.4 Å². The highest BCUT2D eigenvalue weighted by Crippen LogP contribution is 2.26. The highest BCUT2D eigenvalue weighted by molar-refractivity contribution is 5.82. The van der Waals surface area contributed by atoms with E-state index in [4.69, 9.17) is 0 Å². The molecule has 1 saturated heterocycles. The van der Waals surface area contributed by atoms with Crippen LogP contribution in [-0.2, 0) is 16.0 Å². The number of hydrogen-bond donors (Lipinski definition) is 1. The molecule has 130 valence electrons.